The zero-order valence-corrected chi connectivity index (χ0v) is 15.3. The van der Waals surface area contributed by atoms with Crippen molar-refractivity contribution in [1.82, 2.24) is 14.7 Å². The quantitative estimate of drug-likeness (QED) is 0.720. The van der Waals surface area contributed by atoms with E-state index in [1.807, 2.05) is 40.8 Å². The number of rotatable bonds is 3. The van der Waals surface area contributed by atoms with Crippen molar-refractivity contribution < 1.29 is 4.79 Å². The van der Waals surface area contributed by atoms with Gasteiger partial charge in [0.25, 0.3) is 5.91 Å². The number of carbonyl (C=O) groups excluding carboxylic acids is 1. The molecule has 1 amide bonds. The van der Waals surface area contributed by atoms with Gasteiger partial charge in [-0.25, -0.2) is 0 Å². The summed E-state index contributed by atoms with van der Waals surface area (Å²) < 4.78 is 1.99. The van der Waals surface area contributed by atoms with Crippen molar-refractivity contribution in [1.29, 1.82) is 0 Å². The molecule has 0 saturated heterocycles. The van der Waals surface area contributed by atoms with Crippen LogP contribution in [0.2, 0.25) is 0 Å². The number of thiophene rings is 1. The second kappa shape index (κ2) is 6.48. The van der Waals surface area contributed by atoms with Gasteiger partial charge in [0.1, 0.15) is 0 Å². The molecule has 25 heavy (non-hydrogen) atoms. The SMILES string of the molecule is Cc1cc(C)n(Cc2ccc(C(=O)N3CCc4sccc4C3)cc2)n1. The number of nitrogens with zero attached hydrogens (tertiary/aromatic N) is 3. The van der Waals surface area contributed by atoms with Crippen molar-refractivity contribution in [3.63, 3.8) is 0 Å². The van der Waals surface area contributed by atoms with E-state index in [4.69, 9.17) is 0 Å². The van der Waals surface area contributed by atoms with Gasteiger partial charge in [-0.3, -0.25) is 9.48 Å². The van der Waals surface area contributed by atoms with E-state index in [1.54, 1.807) is 11.3 Å². The Morgan fingerprint density at radius 3 is 2.72 bits per heavy atom. The molecule has 1 aliphatic heterocycles. The molecule has 1 aromatic carbocycles. The van der Waals surface area contributed by atoms with Gasteiger partial charge in [0.05, 0.1) is 12.2 Å². The molecule has 128 valence electrons. The van der Waals surface area contributed by atoms with Gasteiger partial charge in [-0.05, 0) is 61.0 Å². The Morgan fingerprint density at radius 2 is 2.00 bits per heavy atom. The topological polar surface area (TPSA) is 38.1 Å². The Balaban J connectivity index is 1.47. The van der Waals surface area contributed by atoms with Crippen LogP contribution in [-0.2, 0) is 19.5 Å². The highest BCUT2D eigenvalue weighted by atomic mass is 32.1. The number of benzene rings is 1. The van der Waals surface area contributed by atoms with Crippen LogP contribution in [0.15, 0.2) is 41.8 Å². The molecule has 1 aliphatic rings. The predicted molar refractivity (Wildman–Crippen MR) is 100 cm³/mol. The monoisotopic (exact) mass is 351 g/mol. The Hall–Kier alpha value is -2.40. The second-order valence-electron chi connectivity index (χ2n) is 6.63. The first kappa shape index (κ1) is 16.1. The van der Waals surface area contributed by atoms with Crippen molar-refractivity contribution in [2.75, 3.05) is 6.54 Å². The van der Waals surface area contributed by atoms with Crippen molar-refractivity contribution >= 4 is 17.2 Å². The second-order valence-corrected chi connectivity index (χ2v) is 7.63. The molecule has 5 heteroatoms. The fourth-order valence-electron chi connectivity index (χ4n) is 3.37. The molecular weight excluding hydrogens is 330 g/mol. The fraction of sp³-hybridized carbons (Fsp3) is 0.300. The van der Waals surface area contributed by atoms with E-state index in [1.165, 1.54) is 10.4 Å². The Bertz CT molecular complexity index is 907. The number of aryl methyl sites for hydroxylation is 2. The number of aromatic nitrogens is 2. The van der Waals surface area contributed by atoms with Crippen LogP contribution < -0.4 is 0 Å². The van der Waals surface area contributed by atoms with Crippen LogP contribution in [0.4, 0.5) is 0 Å². The van der Waals surface area contributed by atoms with E-state index in [9.17, 15) is 4.79 Å². The van der Waals surface area contributed by atoms with Crippen LogP contribution in [0.1, 0.15) is 37.7 Å². The number of hydrogen-bond acceptors (Lipinski definition) is 3. The summed E-state index contributed by atoms with van der Waals surface area (Å²) in [5.74, 6) is 0.120. The summed E-state index contributed by atoms with van der Waals surface area (Å²) in [4.78, 5) is 16.1. The molecule has 4 rings (SSSR count). The first-order chi connectivity index (χ1) is 12.1. The van der Waals surface area contributed by atoms with Gasteiger partial charge in [0.15, 0.2) is 0 Å². The van der Waals surface area contributed by atoms with E-state index >= 15 is 0 Å². The van der Waals surface area contributed by atoms with E-state index in [0.717, 1.165) is 48.6 Å². The molecule has 3 heterocycles. The van der Waals surface area contributed by atoms with Gasteiger partial charge in [-0.2, -0.15) is 5.10 Å². The summed E-state index contributed by atoms with van der Waals surface area (Å²) >= 11 is 1.79. The number of carbonyl (C=O) groups is 1. The van der Waals surface area contributed by atoms with E-state index in [0.29, 0.717) is 0 Å². The minimum Gasteiger partial charge on any atom is -0.334 e. The summed E-state index contributed by atoms with van der Waals surface area (Å²) in [6.45, 7) is 6.33. The van der Waals surface area contributed by atoms with Gasteiger partial charge < -0.3 is 4.90 Å². The molecule has 2 aromatic heterocycles. The summed E-state index contributed by atoms with van der Waals surface area (Å²) in [6.07, 6.45) is 0.967. The number of hydrogen-bond donors (Lipinski definition) is 0. The molecule has 0 unspecified atom stereocenters. The molecular formula is C20H21N3OS. The van der Waals surface area contributed by atoms with Crippen LogP contribution in [0, 0.1) is 13.8 Å². The third-order valence-corrected chi connectivity index (χ3v) is 5.75. The lowest BCUT2D eigenvalue weighted by Crippen LogP contribution is -2.35. The molecule has 0 radical (unpaired) electrons. The van der Waals surface area contributed by atoms with Crippen molar-refractivity contribution in [2.24, 2.45) is 0 Å². The van der Waals surface area contributed by atoms with Crippen LogP contribution in [0.25, 0.3) is 0 Å². The molecule has 0 N–H and O–H groups in total. The summed E-state index contributed by atoms with van der Waals surface area (Å²) in [6, 6.07) is 12.1. The van der Waals surface area contributed by atoms with E-state index in [-0.39, 0.29) is 5.91 Å². The third kappa shape index (κ3) is 3.24. The normalized spacial score (nSPS) is 13.8. The molecule has 0 atom stereocenters. The number of amides is 1. The fourth-order valence-corrected chi connectivity index (χ4v) is 4.25. The molecule has 0 aliphatic carbocycles. The van der Waals surface area contributed by atoms with Crippen molar-refractivity contribution in [3.8, 4) is 0 Å². The van der Waals surface area contributed by atoms with Gasteiger partial charge >= 0.3 is 0 Å². The molecule has 0 spiro atoms. The maximum atomic E-state index is 12.8. The van der Waals surface area contributed by atoms with Crippen molar-refractivity contribution in [2.45, 2.75) is 33.4 Å². The van der Waals surface area contributed by atoms with Crippen LogP contribution >= 0.6 is 11.3 Å². The molecule has 0 saturated carbocycles. The Labute approximate surface area is 151 Å². The van der Waals surface area contributed by atoms with Gasteiger partial charge in [-0.15, -0.1) is 11.3 Å². The average molecular weight is 351 g/mol. The van der Waals surface area contributed by atoms with Gasteiger partial charge in [0.2, 0.25) is 0 Å². The Kier molecular flexibility index (Phi) is 4.17. The third-order valence-electron chi connectivity index (χ3n) is 4.73. The molecule has 0 bridgehead atoms. The first-order valence-corrected chi connectivity index (χ1v) is 9.42. The van der Waals surface area contributed by atoms with Crippen LogP contribution in [0.3, 0.4) is 0 Å². The smallest absolute Gasteiger partial charge is 0.254 e. The molecule has 4 nitrogen and oxygen atoms in total. The Morgan fingerprint density at radius 1 is 1.20 bits per heavy atom. The molecule has 3 aromatic rings. The van der Waals surface area contributed by atoms with Gasteiger partial charge in [-0.1, -0.05) is 12.1 Å². The first-order valence-electron chi connectivity index (χ1n) is 8.54. The minimum absolute atomic E-state index is 0.120. The zero-order chi connectivity index (χ0) is 17.4. The highest BCUT2D eigenvalue weighted by Crippen LogP contribution is 2.25. The standard InChI is InChI=1S/C20H21N3OS/c1-14-11-15(2)23(21-14)12-16-3-5-17(6-4-16)20(24)22-9-7-19-18(13-22)8-10-25-19/h3-6,8,10-11H,7,9,12-13H2,1-2H3. The highest BCUT2D eigenvalue weighted by molar-refractivity contribution is 7.10. The molecule has 0 fully saturated rings. The lowest BCUT2D eigenvalue weighted by atomic mass is 10.1. The maximum Gasteiger partial charge on any atom is 0.254 e. The van der Waals surface area contributed by atoms with Crippen molar-refractivity contribution in [3.05, 3.63) is 74.7 Å². The summed E-state index contributed by atoms with van der Waals surface area (Å²) in [5.41, 5.74) is 5.39. The van der Waals surface area contributed by atoms with Crippen LogP contribution in [-0.4, -0.2) is 27.1 Å². The number of fused-ring (bicyclic) bond motifs is 1. The average Bonchev–Trinajstić information content (AvgIpc) is 3.20. The zero-order valence-electron chi connectivity index (χ0n) is 14.5. The van der Waals surface area contributed by atoms with Gasteiger partial charge in [0, 0.05) is 29.2 Å². The predicted octanol–water partition coefficient (Wildman–Crippen LogP) is 3.81. The van der Waals surface area contributed by atoms with Crippen LogP contribution in [0.5, 0.6) is 0 Å². The maximum absolute atomic E-state index is 12.8. The summed E-state index contributed by atoms with van der Waals surface area (Å²) in [7, 11) is 0. The van der Waals surface area contributed by atoms with E-state index < -0.39 is 0 Å². The lowest BCUT2D eigenvalue weighted by molar-refractivity contribution is 0.0736. The van der Waals surface area contributed by atoms with E-state index in [2.05, 4.69) is 29.5 Å². The minimum atomic E-state index is 0.120. The largest absolute Gasteiger partial charge is 0.334 e. The summed E-state index contributed by atoms with van der Waals surface area (Å²) in [5, 5.41) is 6.61. The lowest BCUT2D eigenvalue weighted by Gasteiger charge is -2.27. The highest BCUT2D eigenvalue weighted by Gasteiger charge is 2.22.